The van der Waals surface area contributed by atoms with Gasteiger partial charge in [-0.3, -0.25) is 4.79 Å². The quantitative estimate of drug-likeness (QED) is 0.870. The Kier molecular flexibility index (Phi) is 3.69. The summed E-state index contributed by atoms with van der Waals surface area (Å²) in [4.78, 5) is 12.0. The zero-order valence-electron chi connectivity index (χ0n) is 11.1. The molecule has 2 nitrogen and oxygen atoms in total. The third-order valence-electron chi connectivity index (χ3n) is 4.15. The van der Waals surface area contributed by atoms with Crippen LogP contribution in [0.15, 0.2) is 18.2 Å². The summed E-state index contributed by atoms with van der Waals surface area (Å²) in [5, 5.41) is 2.88. The third kappa shape index (κ3) is 2.55. The second kappa shape index (κ2) is 5.09. The summed E-state index contributed by atoms with van der Waals surface area (Å²) in [5.41, 5.74) is 1.31. The first-order valence-electron chi connectivity index (χ1n) is 6.61. The van der Waals surface area contributed by atoms with Gasteiger partial charge < -0.3 is 5.32 Å². The van der Waals surface area contributed by atoms with E-state index in [1.54, 1.807) is 12.1 Å². The van der Waals surface area contributed by atoms with Crippen LogP contribution >= 0.6 is 0 Å². The van der Waals surface area contributed by atoms with Gasteiger partial charge in [-0.2, -0.15) is 0 Å². The van der Waals surface area contributed by atoms with E-state index in [0.717, 1.165) is 12.0 Å². The SMILES string of the molecule is CCC1(CNC(=O)c2cc(C)ccc2F)CCC1. The number of hydrogen-bond donors (Lipinski definition) is 1. The van der Waals surface area contributed by atoms with Crippen LogP contribution in [0.25, 0.3) is 0 Å². The zero-order chi connectivity index (χ0) is 13.2. The minimum atomic E-state index is -0.447. The average Bonchev–Trinajstić information content (AvgIpc) is 2.31. The summed E-state index contributed by atoms with van der Waals surface area (Å²) >= 11 is 0. The fourth-order valence-corrected chi connectivity index (χ4v) is 2.51. The molecule has 1 saturated carbocycles. The van der Waals surface area contributed by atoms with Crippen molar-refractivity contribution in [3.8, 4) is 0 Å². The monoisotopic (exact) mass is 249 g/mol. The number of nitrogens with one attached hydrogen (secondary N) is 1. The van der Waals surface area contributed by atoms with Crippen molar-refractivity contribution in [2.75, 3.05) is 6.54 Å². The molecule has 0 bridgehead atoms. The smallest absolute Gasteiger partial charge is 0.254 e. The lowest BCUT2D eigenvalue weighted by molar-refractivity contribution is 0.0846. The summed E-state index contributed by atoms with van der Waals surface area (Å²) in [5.74, 6) is -0.742. The van der Waals surface area contributed by atoms with Crippen LogP contribution in [0, 0.1) is 18.2 Å². The van der Waals surface area contributed by atoms with Gasteiger partial charge in [-0.1, -0.05) is 25.0 Å². The Morgan fingerprint density at radius 1 is 1.44 bits per heavy atom. The maximum atomic E-state index is 13.6. The summed E-state index contributed by atoms with van der Waals surface area (Å²) in [6.45, 7) is 4.67. The van der Waals surface area contributed by atoms with Crippen molar-refractivity contribution < 1.29 is 9.18 Å². The molecule has 0 spiro atoms. The summed E-state index contributed by atoms with van der Waals surface area (Å²) in [7, 11) is 0. The van der Waals surface area contributed by atoms with Crippen molar-refractivity contribution in [1.82, 2.24) is 5.32 Å². The standard InChI is InChI=1S/C15H20FNO/c1-3-15(7-4-8-15)10-17-14(18)12-9-11(2)5-6-13(12)16/h5-6,9H,3-4,7-8,10H2,1-2H3,(H,17,18). The van der Waals surface area contributed by atoms with Gasteiger partial charge >= 0.3 is 0 Å². The van der Waals surface area contributed by atoms with Crippen molar-refractivity contribution in [3.05, 3.63) is 35.1 Å². The molecule has 1 aliphatic rings. The van der Waals surface area contributed by atoms with Gasteiger partial charge in [0.1, 0.15) is 5.82 Å². The highest BCUT2D eigenvalue weighted by atomic mass is 19.1. The molecule has 0 aliphatic heterocycles. The first-order chi connectivity index (χ1) is 8.56. The minimum absolute atomic E-state index is 0.153. The van der Waals surface area contributed by atoms with Crippen LogP contribution < -0.4 is 5.32 Å². The van der Waals surface area contributed by atoms with Crippen molar-refractivity contribution in [3.63, 3.8) is 0 Å². The average molecular weight is 249 g/mol. The van der Waals surface area contributed by atoms with Gasteiger partial charge in [-0.15, -0.1) is 0 Å². The molecule has 2 rings (SSSR count). The highest BCUT2D eigenvalue weighted by Gasteiger charge is 2.35. The van der Waals surface area contributed by atoms with Gasteiger partial charge in [-0.25, -0.2) is 4.39 Å². The number of benzene rings is 1. The van der Waals surface area contributed by atoms with E-state index in [4.69, 9.17) is 0 Å². The van der Waals surface area contributed by atoms with Gasteiger partial charge in [0.05, 0.1) is 5.56 Å². The zero-order valence-corrected chi connectivity index (χ0v) is 11.1. The molecule has 0 radical (unpaired) electrons. The molecule has 1 aromatic rings. The first-order valence-corrected chi connectivity index (χ1v) is 6.61. The molecule has 1 amide bonds. The van der Waals surface area contributed by atoms with Gasteiger partial charge in [0.15, 0.2) is 0 Å². The summed E-state index contributed by atoms with van der Waals surface area (Å²) < 4.78 is 13.6. The van der Waals surface area contributed by atoms with Crippen LogP contribution in [0.1, 0.15) is 48.5 Å². The maximum Gasteiger partial charge on any atom is 0.254 e. The van der Waals surface area contributed by atoms with Crippen molar-refractivity contribution in [2.24, 2.45) is 5.41 Å². The normalized spacial score (nSPS) is 17.1. The predicted octanol–water partition coefficient (Wildman–Crippen LogP) is 3.44. The van der Waals surface area contributed by atoms with E-state index in [1.165, 1.54) is 25.3 Å². The fraction of sp³-hybridized carbons (Fsp3) is 0.533. The number of halogens is 1. The van der Waals surface area contributed by atoms with E-state index in [9.17, 15) is 9.18 Å². The number of amides is 1. The number of aryl methyl sites for hydroxylation is 1. The Labute approximate surface area is 108 Å². The lowest BCUT2D eigenvalue weighted by Crippen LogP contribution is -2.41. The molecule has 1 aromatic carbocycles. The van der Waals surface area contributed by atoms with E-state index in [0.29, 0.717) is 6.54 Å². The van der Waals surface area contributed by atoms with E-state index in [-0.39, 0.29) is 16.9 Å². The molecule has 0 heterocycles. The third-order valence-corrected chi connectivity index (χ3v) is 4.15. The van der Waals surface area contributed by atoms with Crippen molar-refractivity contribution in [2.45, 2.75) is 39.5 Å². The molecule has 18 heavy (non-hydrogen) atoms. The second-order valence-electron chi connectivity index (χ2n) is 5.37. The molecule has 1 N–H and O–H groups in total. The van der Waals surface area contributed by atoms with Crippen LogP contribution in [0.2, 0.25) is 0 Å². The molecule has 98 valence electrons. The summed E-state index contributed by atoms with van der Waals surface area (Å²) in [6.07, 6.45) is 4.65. The van der Waals surface area contributed by atoms with Crippen LogP contribution in [0.3, 0.4) is 0 Å². The van der Waals surface area contributed by atoms with Crippen LogP contribution in [-0.4, -0.2) is 12.5 Å². The molecular formula is C15H20FNO. The molecular weight excluding hydrogens is 229 g/mol. The van der Waals surface area contributed by atoms with Gasteiger partial charge in [0.2, 0.25) is 0 Å². The Morgan fingerprint density at radius 2 is 2.17 bits per heavy atom. The van der Waals surface area contributed by atoms with E-state index < -0.39 is 5.82 Å². The van der Waals surface area contributed by atoms with Gasteiger partial charge in [-0.05, 0) is 43.7 Å². The molecule has 1 aliphatic carbocycles. The number of carbonyl (C=O) groups excluding carboxylic acids is 1. The highest BCUT2D eigenvalue weighted by molar-refractivity contribution is 5.94. The first kappa shape index (κ1) is 13.1. The molecule has 0 unspecified atom stereocenters. The Balaban J connectivity index is 2.01. The predicted molar refractivity (Wildman–Crippen MR) is 70.0 cm³/mol. The molecule has 0 aromatic heterocycles. The fourth-order valence-electron chi connectivity index (χ4n) is 2.51. The van der Waals surface area contributed by atoms with E-state index in [2.05, 4.69) is 12.2 Å². The second-order valence-corrected chi connectivity index (χ2v) is 5.37. The van der Waals surface area contributed by atoms with Crippen molar-refractivity contribution >= 4 is 5.91 Å². The van der Waals surface area contributed by atoms with Crippen LogP contribution in [-0.2, 0) is 0 Å². The Morgan fingerprint density at radius 3 is 2.72 bits per heavy atom. The Bertz CT molecular complexity index is 446. The van der Waals surface area contributed by atoms with Crippen molar-refractivity contribution in [1.29, 1.82) is 0 Å². The van der Waals surface area contributed by atoms with E-state index >= 15 is 0 Å². The Hall–Kier alpha value is -1.38. The highest BCUT2D eigenvalue weighted by Crippen LogP contribution is 2.43. The minimum Gasteiger partial charge on any atom is -0.351 e. The van der Waals surface area contributed by atoms with Gasteiger partial charge in [0, 0.05) is 6.54 Å². The molecule has 3 heteroatoms. The topological polar surface area (TPSA) is 29.1 Å². The van der Waals surface area contributed by atoms with Crippen LogP contribution in [0.4, 0.5) is 4.39 Å². The largest absolute Gasteiger partial charge is 0.351 e. The number of carbonyl (C=O) groups is 1. The molecule has 0 atom stereocenters. The number of rotatable bonds is 4. The summed E-state index contributed by atoms with van der Waals surface area (Å²) in [6, 6.07) is 4.62. The maximum absolute atomic E-state index is 13.6. The molecule has 0 saturated heterocycles. The van der Waals surface area contributed by atoms with E-state index in [1.807, 2.05) is 6.92 Å². The lowest BCUT2D eigenvalue weighted by atomic mass is 9.67. The lowest BCUT2D eigenvalue weighted by Gasteiger charge is -2.41. The molecule has 1 fully saturated rings. The number of hydrogen-bond acceptors (Lipinski definition) is 1. The van der Waals surface area contributed by atoms with Crippen LogP contribution in [0.5, 0.6) is 0 Å². The van der Waals surface area contributed by atoms with Gasteiger partial charge in [0.25, 0.3) is 5.91 Å².